The summed E-state index contributed by atoms with van der Waals surface area (Å²) < 4.78 is 0. The third-order valence-electron chi connectivity index (χ3n) is 3.83. The maximum atomic E-state index is 4.44. The van der Waals surface area contributed by atoms with Crippen LogP contribution in [0.5, 0.6) is 0 Å². The van der Waals surface area contributed by atoms with Crippen LogP contribution >= 0.6 is 24.8 Å². The van der Waals surface area contributed by atoms with Crippen LogP contribution in [-0.2, 0) is 0 Å². The van der Waals surface area contributed by atoms with Gasteiger partial charge in [0.05, 0.1) is 5.52 Å². The van der Waals surface area contributed by atoms with E-state index in [0.717, 1.165) is 31.7 Å². The largest absolute Gasteiger partial charge is 0.314 e. The van der Waals surface area contributed by atoms with Crippen molar-refractivity contribution < 1.29 is 0 Å². The fourth-order valence-electron chi connectivity index (χ4n) is 2.75. The lowest BCUT2D eigenvalue weighted by molar-refractivity contribution is 0.186. The summed E-state index contributed by atoms with van der Waals surface area (Å²) in [4.78, 5) is 6.98. The lowest BCUT2D eigenvalue weighted by Gasteiger charge is -2.33. The smallest absolute Gasteiger partial charge is 0.0705 e. The van der Waals surface area contributed by atoms with Crippen LogP contribution < -0.4 is 5.32 Å². The minimum absolute atomic E-state index is 0. The van der Waals surface area contributed by atoms with Gasteiger partial charge in [0.25, 0.3) is 0 Å². The van der Waals surface area contributed by atoms with E-state index in [9.17, 15) is 0 Å². The third kappa shape index (κ3) is 3.41. The second-order valence-electron chi connectivity index (χ2n) is 4.88. The van der Waals surface area contributed by atoms with Crippen LogP contribution in [0.4, 0.5) is 0 Å². The normalized spacial score (nSPS) is 17.1. The molecule has 2 heterocycles. The molecule has 110 valence electrons. The van der Waals surface area contributed by atoms with Crippen LogP contribution in [0, 0.1) is 0 Å². The molecule has 3 nitrogen and oxygen atoms in total. The minimum Gasteiger partial charge on any atom is -0.314 e. The maximum Gasteiger partial charge on any atom is 0.0705 e. The number of halogens is 2. The number of para-hydroxylation sites is 1. The van der Waals surface area contributed by atoms with Crippen molar-refractivity contribution in [3.63, 3.8) is 0 Å². The molecular weight excluding hydrogens is 293 g/mol. The summed E-state index contributed by atoms with van der Waals surface area (Å²) in [5.41, 5.74) is 2.49. The van der Waals surface area contributed by atoms with Gasteiger partial charge in [0.15, 0.2) is 0 Å². The number of pyridine rings is 1. The van der Waals surface area contributed by atoms with Crippen molar-refractivity contribution in [2.24, 2.45) is 0 Å². The summed E-state index contributed by atoms with van der Waals surface area (Å²) in [5, 5.41) is 4.69. The predicted octanol–water partition coefficient (Wildman–Crippen LogP) is 3.04. The summed E-state index contributed by atoms with van der Waals surface area (Å²) in [5.74, 6) is 0. The third-order valence-corrected chi connectivity index (χ3v) is 3.83. The topological polar surface area (TPSA) is 28.2 Å². The van der Waals surface area contributed by atoms with E-state index in [1.54, 1.807) is 0 Å². The zero-order valence-electron chi connectivity index (χ0n) is 11.6. The molecule has 5 heteroatoms. The predicted molar refractivity (Wildman–Crippen MR) is 89.1 cm³/mol. The van der Waals surface area contributed by atoms with Gasteiger partial charge in [-0.25, -0.2) is 0 Å². The maximum absolute atomic E-state index is 4.44. The molecule has 0 amide bonds. The van der Waals surface area contributed by atoms with Crippen molar-refractivity contribution in [1.82, 2.24) is 15.2 Å². The van der Waals surface area contributed by atoms with Gasteiger partial charge < -0.3 is 5.32 Å². The molecule has 1 aromatic carbocycles. The summed E-state index contributed by atoms with van der Waals surface area (Å²) in [7, 11) is 0. The highest BCUT2D eigenvalue weighted by atomic mass is 35.5. The van der Waals surface area contributed by atoms with Crippen molar-refractivity contribution in [3.8, 4) is 0 Å². The molecule has 0 radical (unpaired) electrons. The van der Waals surface area contributed by atoms with Crippen LogP contribution in [0.25, 0.3) is 10.9 Å². The number of hydrogen-bond donors (Lipinski definition) is 1. The number of fused-ring (bicyclic) bond motifs is 1. The standard InChI is InChI=1S/C15H19N3.2ClH/c1-12(18-10-8-16-9-11-18)13-6-7-17-15-5-3-2-4-14(13)15;;/h2-7,12,16H,8-11H2,1H3;2*1H/t12-;;/m0../s1. The SMILES string of the molecule is C[C@@H](c1ccnc2ccccc12)N1CCNCC1.Cl.Cl. The van der Waals surface area contributed by atoms with E-state index in [4.69, 9.17) is 0 Å². The molecule has 0 bridgehead atoms. The van der Waals surface area contributed by atoms with Gasteiger partial charge in [-0.3, -0.25) is 9.88 Å². The van der Waals surface area contributed by atoms with Gasteiger partial charge in [-0.15, -0.1) is 24.8 Å². The van der Waals surface area contributed by atoms with Gasteiger partial charge >= 0.3 is 0 Å². The van der Waals surface area contributed by atoms with Crippen LogP contribution in [0.2, 0.25) is 0 Å². The van der Waals surface area contributed by atoms with E-state index in [1.165, 1.54) is 10.9 Å². The van der Waals surface area contributed by atoms with Crippen LogP contribution in [-0.4, -0.2) is 36.1 Å². The minimum atomic E-state index is 0. The molecule has 20 heavy (non-hydrogen) atoms. The Morgan fingerprint density at radius 1 is 1.10 bits per heavy atom. The molecule has 1 saturated heterocycles. The molecule has 2 aromatic rings. The lowest BCUT2D eigenvalue weighted by Crippen LogP contribution is -2.44. The first-order valence-electron chi connectivity index (χ1n) is 6.64. The first-order valence-corrected chi connectivity index (χ1v) is 6.64. The Labute approximate surface area is 132 Å². The molecule has 0 aliphatic carbocycles. The molecule has 0 saturated carbocycles. The van der Waals surface area contributed by atoms with Crippen LogP contribution in [0.15, 0.2) is 36.5 Å². The Morgan fingerprint density at radius 2 is 1.80 bits per heavy atom. The molecular formula is C15H21Cl2N3. The van der Waals surface area contributed by atoms with Gasteiger partial charge in [-0.2, -0.15) is 0 Å². The van der Waals surface area contributed by atoms with Crippen LogP contribution in [0.3, 0.4) is 0 Å². The molecule has 1 aromatic heterocycles. The Balaban J connectivity index is 0.000001000. The number of hydrogen-bond acceptors (Lipinski definition) is 3. The number of aromatic nitrogens is 1. The highest BCUT2D eigenvalue weighted by Crippen LogP contribution is 2.26. The number of nitrogens with zero attached hydrogens (tertiary/aromatic N) is 2. The van der Waals surface area contributed by atoms with Crippen molar-refractivity contribution >= 4 is 35.7 Å². The van der Waals surface area contributed by atoms with E-state index in [2.05, 4.69) is 52.5 Å². The van der Waals surface area contributed by atoms with E-state index in [-0.39, 0.29) is 24.8 Å². The summed E-state index contributed by atoms with van der Waals surface area (Å²) in [6, 6.07) is 11.0. The highest BCUT2D eigenvalue weighted by Gasteiger charge is 2.19. The molecule has 1 aliphatic rings. The fraction of sp³-hybridized carbons (Fsp3) is 0.400. The molecule has 0 spiro atoms. The number of benzene rings is 1. The Kier molecular flexibility index (Phi) is 6.69. The van der Waals surface area contributed by atoms with Crippen molar-refractivity contribution in [1.29, 1.82) is 0 Å². The second kappa shape index (κ2) is 7.79. The molecule has 1 fully saturated rings. The van der Waals surface area contributed by atoms with E-state index in [1.807, 2.05) is 6.20 Å². The fourth-order valence-corrected chi connectivity index (χ4v) is 2.75. The molecule has 0 unspecified atom stereocenters. The number of rotatable bonds is 2. The zero-order chi connectivity index (χ0) is 12.4. The van der Waals surface area contributed by atoms with Gasteiger partial charge in [0.2, 0.25) is 0 Å². The van der Waals surface area contributed by atoms with Gasteiger partial charge in [0.1, 0.15) is 0 Å². The Hall–Kier alpha value is -0.870. The Bertz CT molecular complexity index is 536. The molecule has 1 N–H and O–H groups in total. The molecule has 1 atom stereocenters. The molecule has 1 aliphatic heterocycles. The first kappa shape index (κ1) is 17.2. The molecule has 3 rings (SSSR count). The van der Waals surface area contributed by atoms with E-state index in [0.29, 0.717) is 6.04 Å². The van der Waals surface area contributed by atoms with Gasteiger partial charge in [-0.05, 0) is 24.6 Å². The van der Waals surface area contributed by atoms with Crippen molar-refractivity contribution in [2.45, 2.75) is 13.0 Å². The first-order chi connectivity index (χ1) is 8.86. The monoisotopic (exact) mass is 313 g/mol. The van der Waals surface area contributed by atoms with Crippen molar-refractivity contribution in [3.05, 3.63) is 42.1 Å². The van der Waals surface area contributed by atoms with Gasteiger partial charge in [-0.1, -0.05) is 18.2 Å². The summed E-state index contributed by atoms with van der Waals surface area (Å²) in [6.07, 6.45) is 1.93. The van der Waals surface area contributed by atoms with E-state index < -0.39 is 0 Å². The highest BCUT2D eigenvalue weighted by molar-refractivity contribution is 5.85. The average molecular weight is 314 g/mol. The second-order valence-corrected chi connectivity index (χ2v) is 4.88. The summed E-state index contributed by atoms with van der Waals surface area (Å²) >= 11 is 0. The summed E-state index contributed by atoms with van der Waals surface area (Å²) in [6.45, 7) is 6.73. The lowest BCUT2D eigenvalue weighted by atomic mass is 10.0. The number of piperazine rings is 1. The van der Waals surface area contributed by atoms with Gasteiger partial charge in [0, 0.05) is 43.8 Å². The van der Waals surface area contributed by atoms with Crippen LogP contribution in [0.1, 0.15) is 18.5 Å². The van der Waals surface area contributed by atoms with E-state index >= 15 is 0 Å². The average Bonchev–Trinajstić information content (AvgIpc) is 2.47. The van der Waals surface area contributed by atoms with Crippen molar-refractivity contribution in [2.75, 3.05) is 26.2 Å². The number of nitrogens with one attached hydrogen (secondary N) is 1. The Morgan fingerprint density at radius 3 is 2.55 bits per heavy atom. The quantitative estimate of drug-likeness (QED) is 0.923. The zero-order valence-corrected chi connectivity index (χ0v) is 13.2.